The number of carbonyl (C=O) groups excluding carboxylic acids is 1. The average molecular weight is 316 g/mol. The first-order valence-corrected chi connectivity index (χ1v) is 8.35. The molecule has 1 aliphatic carbocycles. The Labute approximate surface area is 136 Å². The lowest BCUT2D eigenvalue weighted by Gasteiger charge is -2.21. The number of rotatable bonds is 5. The fourth-order valence-electron chi connectivity index (χ4n) is 3.30. The summed E-state index contributed by atoms with van der Waals surface area (Å²) in [5.41, 5.74) is 2.47. The SMILES string of the molecule is COC(=O)Cc1c(C)nc2c(OCC3CCCCC3)cccn12. The lowest BCUT2D eigenvalue weighted by Crippen LogP contribution is -2.15. The molecular weight excluding hydrogens is 292 g/mol. The molecule has 0 saturated heterocycles. The van der Waals surface area contributed by atoms with Crippen molar-refractivity contribution in [3.05, 3.63) is 29.7 Å². The van der Waals surface area contributed by atoms with Gasteiger partial charge in [0.05, 0.1) is 31.5 Å². The summed E-state index contributed by atoms with van der Waals surface area (Å²) in [6.45, 7) is 2.66. The van der Waals surface area contributed by atoms with Crippen LogP contribution in [0.1, 0.15) is 43.5 Å². The predicted octanol–water partition coefficient (Wildman–Crippen LogP) is 3.32. The first-order chi connectivity index (χ1) is 11.2. The minimum atomic E-state index is -0.261. The minimum Gasteiger partial charge on any atom is -0.489 e. The number of fused-ring (bicyclic) bond motifs is 1. The fourth-order valence-corrected chi connectivity index (χ4v) is 3.30. The van der Waals surface area contributed by atoms with Gasteiger partial charge in [0, 0.05) is 6.20 Å². The van der Waals surface area contributed by atoms with Crippen molar-refractivity contribution in [1.29, 1.82) is 0 Å². The van der Waals surface area contributed by atoms with E-state index in [1.54, 1.807) is 0 Å². The number of nitrogens with zero attached hydrogens (tertiary/aromatic N) is 2. The number of imidazole rings is 1. The lowest BCUT2D eigenvalue weighted by molar-refractivity contribution is -0.139. The Bertz CT molecular complexity index is 687. The van der Waals surface area contributed by atoms with Crippen molar-refractivity contribution >= 4 is 11.6 Å². The van der Waals surface area contributed by atoms with Crippen molar-refractivity contribution in [3.8, 4) is 5.75 Å². The zero-order valence-corrected chi connectivity index (χ0v) is 13.9. The van der Waals surface area contributed by atoms with Gasteiger partial charge < -0.3 is 13.9 Å². The number of pyridine rings is 1. The van der Waals surface area contributed by atoms with Gasteiger partial charge in [0.2, 0.25) is 0 Å². The number of carbonyl (C=O) groups is 1. The smallest absolute Gasteiger partial charge is 0.311 e. The van der Waals surface area contributed by atoms with Gasteiger partial charge in [-0.25, -0.2) is 4.98 Å². The van der Waals surface area contributed by atoms with E-state index in [0.29, 0.717) is 5.92 Å². The van der Waals surface area contributed by atoms with E-state index in [9.17, 15) is 4.79 Å². The molecule has 5 heteroatoms. The summed E-state index contributed by atoms with van der Waals surface area (Å²) >= 11 is 0. The van der Waals surface area contributed by atoms with E-state index in [0.717, 1.165) is 29.4 Å². The second kappa shape index (κ2) is 7.02. The Kier molecular flexibility index (Phi) is 4.84. The second-order valence-corrected chi connectivity index (χ2v) is 6.28. The van der Waals surface area contributed by atoms with Gasteiger partial charge in [-0.3, -0.25) is 4.79 Å². The first-order valence-electron chi connectivity index (χ1n) is 8.35. The molecular formula is C18H24N2O3. The van der Waals surface area contributed by atoms with Gasteiger partial charge in [0.1, 0.15) is 0 Å². The zero-order valence-electron chi connectivity index (χ0n) is 13.9. The molecule has 2 heterocycles. The maximum absolute atomic E-state index is 11.6. The normalized spacial score (nSPS) is 15.7. The molecule has 2 aromatic heterocycles. The Morgan fingerprint density at radius 1 is 1.35 bits per heavy atom. The lowest BCUT2D eigenvalue weighted by atomic mass is 9.90. The monoisotopic (exact) mass is 316 g/mol. The largest absolute Gasteiger partial charge is 0.489 e. The van der Waals surface area contributed by atoms with Crippen LogP contribution in [0.3, 0.4) is 0 Å². The van der Waals surface area contributed by atoms with Crippen LogP contribution in [-0.2, 0) is 16.0 Å². The Balaban J connectivity index is 1.81. The van der Waals surface area contributed by atoms with E-state index in [-0.39, 0.29) is 12.4 Å². The highest BCUT2D eigenvalue weighted by Crippen LogP contribution is 2.27. The molecule has 2 aromatic rings. The highest BCUT2D eigenvalue weighted by Gasteiger charge is 2.18. The Morgan fingerprint density at radius 2 is 2.13 bits per heavy atom. The molecule has 5 nitrogen and oxygen atoms in total. The van der Waals surface area contributed by atoms with Gasteiger partial charge in [-0.15, -0.1) is 0 Å². The highest BCUT2D eigenvalue weighted by atomic mass is 16.5. The molecule has 124 valence electrons. The Hall–Kier alpha value is -2.04. The molecule has 0 N–H and O–H groups in total. The van der Waals surface area contributed by atoms with Gasteiger partial charge in [0.25, 0.3) is 0 Å². The van der Waals surface area contributed by atoms with Crippen molar-refractivity contribution in [2.24, 2.45) is 5.92 Å². The van der Waals surface area contributed by atoms with E-state index in [1.165, 1.54) is 39.2 Å². The van der Waals surface area contributed by atoms with Gasteiger partial charge in [-0.1, -0.05) is 19.3 Å². The number of aromatic nitrogens is 2. The molecule has 0 radical (unpaired) electrons. The third kappa shape index (κ3) is 3.49. The second-order valence-electron chi connectivity index (χ2n) is 6.28. The number of hydrogen-bond acceptors (Lipinski definition) is 4. The molecule has 0 aromatic carbocycles. The third-order valence-electron chi connectivity index (χ3n) is 4.65. The summed E-state index contributed by atoms with van der Waals surface area (Å²) in [4.78, 5) is 16.2. The number of methoxy groups -OCH3 is 1. The van der Waals surface area contributed by atoms with Crippen LogP contribution in [0.5, 0.6) is 5.75 Å². The number of hydrogen-bond donors (Lipinski definition) is 0. The van der Waals surface area contributed by atoms with Crippen LogP contribution >= 0.6 is 0 Å². The van der Waals surface area contributed by atoms with Crippen molar-refractivity contribution in [2.75, 3.05) is 13.7 Å². The van der Waals surface area contributed by atoms with Gasteiger partial charge in [0.15, 0.2) is 11.4 Å². The van der Waals surface area contributed by atoms with Crippen molar-refractivity contribution in [1.82, 2.24) is 9.38 Å². The van der Waals surface area contributed by atoms with Gasteiger partial charge >= 0.3 is 5.97 Å². The molecule has 1 saturated carbocycles. The molecule has 0 unspecified atom stereocenters. The maximum atomic E-state index is 11.6. The number of aryl methyl sites for hydroxylation is 1. The first kappa shape index (κ1) is 15.8. The van der Waals surface area contributed by atoms with Crippen molar-refractivity contribution in [3.63, 3.8) is 0 Å². The predicted molar refractivity (Wildman–Crippen MR) is 87.7 cm³/mol. The van der Waals surface area contributed by atoms with Crippen LogP contribution in [-0.4, -0.2) is 29.1 Å². The molecule has 0 atom stereocenters. The van der Waals surface area contributed by atoms with Crippen LogP contribution in [0.2, 0.25) is 0 Å². The van der Waals surface area contributed by atoms with Crippen LogP contribution in [0.4, 0.5) is 0 Å². The molecule has 1 fully saturated rings. The number of ether oxygens (including phenoxy) is 2. The molecule has 0 aliphatic heterocycles. The van der Waals surface area contributed by atoms with Crippen molar-refractivity contribution < 1.29 is 14.3 Å². The van der Waals surface area contributed by atoms with Gasteiger partial charge in [-0.2, -0.15) is 0 Å². The molecule has 0 spiro atoms. The van der Waals surface area contributed by atoms with Crippen LogP contribution < -0.4 is 4.74 Å². The summed E-state index contributed by atoms with van der Waals surface area (Å²) in [7, 11) is 1.40. The highest BCUT2D eigenvalue weighted by molar-refractivity contribution is 5.73. The average Bonchev–Trinajstić information content (AvgIpc) is 2.90. The summed E-state index contributed by atoms with van der Waals surface area (Å²) in [5, 5.41) is 0. The van der Waals surface area contributed by atoms with E-state index < -0.39 is 0 Å². The quantitative estimate of drug-likeness (QED) is 0.794. The van der Waals surface area contributed by atoms with Crippen molar-refractivity contribution in [2.45, 2.75) is 45.4 Å². The standard InChI is InChI=1S/C18H24N2O3/c1-13-15(11-17(21)22-2)20-10-6-9-16(18(20)19-13)23-12-14-7-4-3-5-8-14/h6,9-10,14H,3-5,7-8,11-12H2,1-2H3. The minimum absolute atomic E-state index is 0.218. The van der Waals surface area contributed by atoms with Crippen LogP contribution in [0, 0.1) is 12.8 Å². The summed E-state index contributed by atoms with van der Waals surface area (Å²) in [6.07, 6.45) is 8.61. The topological polar surface area (TPSA) is 52.8 Å². The van der Waals surface area contributed by atoms with Crippen LogP contribution in [0.25, 0.3) is 5.65 Å². The molecule has 1 aliphatic rings. The van der Waals surface area contributed by atoms with E-state index in [4.69, 9.17) is 9.47 Å². The fraction of sp³-hybridized carbons (Fsp3) is 0.556. The van der Waals surface area contributed by atoms with E-state index >= 15 is 0 Å². The summed E-state index contributed by atoms with van der Waals surface area (Å²) < 4.78 is 12.8. The molecule has 23 heavy (non-hydrogen) atoms. The Morgan fingerprint density at radius 3 is 2.87 bits per heavy atom. The summed E-state index contributed by atoms with van der Waals surface area (Å²) in [5.74, 6) is 1.18. The third-order valence-corrected chi connectivity index (χ3v) is 4.65. The number of esters is 1. The zero-order chi connectivity index (χ0) is 16.2. The van der Waals surface area contributed by atoms with Crippen LogP contribution in [0.15, 0.2) is 18.3 Å². The van der Waals surface area contributed by atoms with Gasteiger partial charge in [-0.05, 0) is 37.8 Å². The molecule has 0 bridgehead atoms. The summed E-state index contributed by atoms with van der Waals surface area (Å²) in [6, 6.07) is 3.89. The van der Waals surface area contributed by atoms with E-state index in [1.807, 2.05) is 29.7 Å². The molecule has 3 rings (SSSR count). The molecule has 0 amide bonds. The maximum Gasteiger partial charge on any atom is 0.311 e. The van der Waals surface area contributed by atoms with E-state index in [2.05, 4.69) is 4.98 Å².